The number of rotatable bonds is 3. The molecular formula is C9H15N3. The summed E-state index contributed by atoms with van der Waals surface area (Å²) in [7, 11) is 0. The van der Waals surface area contributed by atoms with E-state index in [2.05, 4.69) is 22.9 Å². The Bertz CT molecular complexity index is 220. The van der Waals surface area contributed by atoms with Crippen molar-refractivity contribution in [3.8, 4) is 0 Å². The lowest BCUT2D eigenvalue weighted by molar-refractivity contribution is 0.922. The zero-order valence-electron chi connectivity index (χ0n) is 7.35. The molecule has 3 atom stereocenters. The van der Waals surface area contributed by atoms with Gasteiger partial charge in [-0.1, -0.05) is 5.57 Å². The standard InChI is InChI=1S/C9H15N3/c1-5(6-2-10-6)9(7-3-11-7)8-4-12-8/h6-8,10-12H,2-4H2,1H3. The van der Waals surface area contributed by atoms with Crippen LogP contribution in [0.3, 0.4) is 0 Å². The van der Waals surface area contributed by atoms with Crippen LogP contribution in [0.1, 0.15) is 6.92 Å². The van der Waals surface area contributed by atoms with E-state index in [-0.39, 0.29) is 0 Å². The predicted molar refractivity (Wildman–Crippen MR) is 48.1 cm³/mol. The molecule has 0 bridgehead atoms. The van der Waals surface area contributed by atoms with Crippen molar-refractivity contribution in [1.82, 2.24) is 16.0 Å². The predicted octanol–water partition coefficient (Wildman–Crippen LogP) is -0.782. The first kappa shape index (κ1) is 7.06. The second-order valence-corrected chi connectivity index (χ2v) is 4.02. The Morgan fingerprint density at radius 1 is 0.917 bits per heavy atom. The number of hydrogen-bond acceptors (Lipinski definition) is 3. The summed E-state index contributed by atoms with van der Waals surface area (Å²) in [6.45, 7) is 5.85. The van der Waals surface area contributed by atoms with Crippen molar-refractivity contribution < 1.29 is 0 Å². The van der Waals surface area contributed by atoms with Gasteiger partial charge in [0.2, 0.25) is 0 Å². The maximum atomic E-state index is 3.39. The summed E-state index contributed by atoms with van der Waals surface area (Å²) in [6.07, 6.45) is 0. The third-order valence-electron chi connectivity index (χ3n) is 2.95. The van der Waals surface area contributed by atoms with E-state index in [4.69, 9.17) is 0 Å². The van der Waals surface area contributed by atoms with Gasteiger partial charge in [-0.3, -0.25) is 0 Å². The molecular weight excluding hydrogens is 150 g/mol. The van der Waals surface area contributed by atoms with Crippen LogP contribution in [0.5, 0.6) is 0 Å². The Hall–Kier alpha value is -0.380. The minimum Gasteiger partial charge on any atom is -0.307 e. The fourth-order valence-corrected chi connectivity index (χ4v) is 1.92. The quantitative estimate of drug-likeness (QED) is 0.379. The van der Waals surface area contributed by atoms with E-state index < -0.39 is 0 Å². The lowest BCUT2D eigenvalue weighted by Crippen LogP contribution is -2.12. The molecule has 3 fully saturated rings. The summed E-state index contributed by atoms with van der Waals surface area (Å²) in [5.74, 6) is 0. The van der Waals surface area contributed by atoms with Crippen LogP contribution in [0, 0.1) is 0 Å². The SMILES string of the molecule is CC(=C(C1CN1)C1CN1)C1CN1. The molecule has 3 rings (SSSR count). The van der Waals surface area contributed by atoms with Gasteiger partial charge in [-0.25, -0.2) is 0 Å². The molecule has 3 aliphatic heterocycles. The Kier molecular flexibility index (Phi) is 1.36. The highest BCUT2D eigenvalue weighted by molar-refractivity contribution is 5.37. The molecule has 0 radical (unpaired) electrons. The molecule has 0 spiro atoms. The zero-order valence-corrected chi connectivity index (χ0v) is 7.35. The van der Waals surface area contributed by atoms with Crippen LogP contribution in [0.2, 0.25) is 0 Å². The van der Waals surface area contributed by atoms with E-state index in [1.165, 1.54) is 19.6 Å². The van der Waals surface area contributed by atoms with Crippen molar-refractivity contribution in [3.63, 3.8) is 0 Å². The zero-order chi connectivity index (χ0) is 8.13. The fraction of sp³-hybridized carbons (Fsp3) is 0.778. The van der Waals surface area contributed by atoms with Crippen molar-refractivity contribution in [3.05, 3.63) is 11.1 Å². The number of hydrogen-bond donors (Lipinski definition) is 3. The Labute approximate surface area is 72.6 Å². The highest BCUT2D eigenvalue weighted by Crippen LogP contribution is 2.27. The fourth-order valence-electron chi connectivity index (χ4n) is 1.92. The Balaban J connectivity index is 1.85. The molecule has 3 nitrogen and oxygen atoms in total. The molecule has 3 heteroatoms. The van der Waals surface area contributed by atoms with E-state index >= 15 is 0 Å². The molecule has 0 saturated carbocycles. The van der Waals surface area contributed by atoms with Crippen molar-refractivity contribution in [2.45, 2.75) is 25.0 Å². The Morgan fingerprint density at radius 2 is 1.33 bits per heavy atom. The summed E-state index contributed by atoms with van der Waals surface area (Å²) < 4.78 is 0. The van der Waals surface area contributed by atoms with Gasteiger partial charge in [-0.2, -0.15) is 0 Å². The molecule has 0 aromatic rings. The van der Waals surface area contributed by atoms with Gasteiger partial charge in [0.05, 0.1) is 0 Å². The van der Waals surface area contributed by atoms with E-state index in [1.54, 1.807) is 11.1 Å². The van der Waals surface area contributed by atoms with Gasteiger partial charge in [0.1, 0.15) is 0 Å². The van der Waals surface area contributed by atoms with Crippen molar-refractivity contribution >= 4 is 0 Å². The van der Waals surface area contributed by atoms with Gasteiger partial charge in [0.25, 0.3) is 0 Å². The van der Waals surface area contributed by atoms with Gasteiger partial charge in [0.15, 0.2) is 0 Å². The lowest BCUT2D eigenvalue weighted by atomic mass is 10.0. The van der Waals surface area contributed by atoms with Gasteiger partial charge in [-0.15, -0.1) is 0 Å². The van der Waals surface area contributed by atoms with Crippen molar-refractivity contribution in [1.29, 1.82) is 0 Å². The monoisotopic (exact) mass is 165 g/mol. The highest BCUT2D eigenvalue weighted by Gasteiger charge is 2.39. The summed E-state index contributed by atoms with van der Waals surface area (Å²) in [5.41, 5.74) is 3.23. The minimum absolute atomic E-state index is 0.699. The van der Waals surface area contributed by atoms with Crippen LogP contribution < -0.4 is 16.0 Å². The van der Waals surface area contributed by atoms with E-state index in [0.717, 1.165) is 0 Å². The van der Waals surface area contributed by atoms with Gasteiger partial charge in [-0.05, 0) is 12.5 Å². The Morgan fingerprint density at radius 3 is 1.67 bits per heavy atom. The van der Waals surface area contributed by atoms with Crippen LogP contribution in [0.4, 0.5) is 0 Å². The van der Waals surface area contributed by atoms with Crippen LogP contribution >= 0.6 is 0 Å². The van der Waals surface area contributed by atoms with Gasteiger partial charge < -0.3 is 16.0 Å². The molecule has 12 heavy (non-hydrogen) atoms. The normalized spacial score (nSPS) is 42.2. The average molecular weight is 165 g/mol. The molecule has 3 heterocycles. The molecule has 3 unspecified atom stereocenters. The highest BCUT2D eigenvalue weighted by atomic mass is 15.2. The van der Waals surface area contributed by atoms with E-state index in [1.807, 2.05) is 0 Å². The second-order valence-electron chi connectivity index (χ2n) is 4.02. The van der Waals surface area contributed by atoms with Crippen LogP contribution in [0.25, 0.3) is 0 Å². The van der Waals surface area contributed by atoms with Crippen LogP contribution in [-0.2, 0) is 0 Å². The average Bonchev–Trinajstić information content (AvgIpc) is 2.90. The maximum absolute atomic E-state index is 3.39. The second kappa shape index (κ2) is 2.31. The summed E-state index contributed by atoms with van der Waals surface area (Å²) in [6, 6.07) is 2.10. The summed E-state index contributed by atoms with van der Waals surface area (Å²) >= 11 is 0. The third-order valence-corrected chi connectivity index (χ3v) is 2.95. The lowest BCUT2D eigenvalue weighted by Gasteiger charge is -2.06. The summed E-state index contributed by atoms with van der Waals surface area (Å²) in [5, 5.41) is 10.2. The van der Waals surface area contributed by atoms with E-state index in [9.17, 15) is 0 Å². The van der Waals surface area contributed by atoms with Crippen molar-refractivity contribution in [2.75, 3.05) is 19.6 Å². The number of nitrogens with one attached hydrogen (secondary N) is 3. The minimum atomic E-state index is 0.699. The van der Waals surface area contributed by atoms with Crippen LogP contribution in [0.15, 0.2) is 11.1 Å². The molecule has 0 amide bonds. The molecule has 0 aromatic heterocycles. The largest absolute Gasteiger partial charge is 0.307 e. The van der Waals surface area contributed by atoms with Gasteiger partial charge >= 0.3 is 0 Å². The molecule has 0 aromatic carbocycles. The first-order valence-electron chi connectivity index (χ1n) is 4.77. The van der Waals surface area contributed by atoms with Crippen molar-refractivity contribution in [2.24, 2.45) is 0 Å². The molecule has 3 aliphatic rings. The maximum Gasteiger partial charge on any atom is 0.0425 e. The molecule has 66 valence electrons. The molecule has 0 aliphatic carbocycles. The summed E-state index contributed by atoms with van der Waals surface area (Å²) in [4.78, 5) is 0. The molecule has 3 saturated heterocycles. The van der Waals surface area contributed by atoms with E-state index in [0.29, 0.717) is 18.1 Å². The van der Waals surface area contributed by atoms with Crippen LogP contribution in [-0.4, -0.2) is 37.8 Å². The topological polar surface area (TPSA) is 65.8 Å². The first-order valence-corrected chi connectivity index (χ1v) is 4.77. The smallest absolute Gasteiger partial charge is 0.0425 e. The van der Waals surface area contributed by atoms with Gasteiger partial charge in [0, 0.05) is 37.8 Å². The first-order chi connectivity index (χ1) is 5.86. The third kappa shape index (κ3) is 1.18. The molecule has 3 N–H and O–H groups in total.